The third kappa shape index (κ3) is 5.44. The molecule has 1 aliphatic heterocycles. The van der Waals surface area contributed by atoms with Gasteiger partial charge in [0.1, 0.15) is 12.9 Å². The molecule has 1 heterocycles. The third-order valence-electron chi connectivity index (χ3n) is 1.97. The summed E-state index contributed by atoms with van der Waals surface area (Å²) in [6.07, 6.45) is 0.00558. The van der Waals surface area contributed by atoms with Gasteiger partial charge in [0.2, 0.25) is 0 Å². The lowest BCUT2D eigenvalue weighted by atomic mass is 10.4. The Morgan fingerprint density at radius 1 is 1.27 bits per heavy atom. The minimum Gasteiger partial charge on any atom is -0.382 e. The highest BCUT2D eigenvalue weighted by atomic mass is 16.8. The Balaban J connectivity index is 1.93. The number of hydrogen-bond donors (Lipinski definition) is 0. The first-order valence-corrected chi connectivity index (χ1v) is 5.10. The van der Waals surface area contributed by atoms with Crippen LogP contribution < -0.4 is 0 Å². The van der Waals surface area contributed by atoms with Gasteiger partial charge < -0.3 is 23.7 Å². The molecule has 0 spiro atoms. The van der Waals surface area contributed by atoms with E-state index in [1.165, 1.54) is 0 Å². The van der Waals surface area contributed by atoms with E-state index in [9.17, 15) is 0 Å². The Morgan fingerprint density at radius 3 is 2.67 bits per heavy atom. The summed E-state index contributed by atoms with van der Waals surface area (Å²) in [7, 11) is 1.63. The predicted octanol–water partition coefficient (Wildman–Crippen LogP) is 0.775. The standard InChI is InChI=1S/C10H20O5/c1-10(2)14-7-9(15-10)6-13-8-12-5-4-11-3/h9H,4-8H2,1-3H3/t9-/m0/s1. The van der Waals surface area contributed by atoms with Crippen molar-refractivity contribution in [2.24, 2.45) is 0 Å². The van der Waals surface area contributed by atoms with E-state index in [4.69, 9.17) is 23.7 Å². The number of ether oxygens (including phenoxy) is 5. The fourth-order valence-electron chi connectivity index (χ4n) is 1.28. The number of methoxy groups -OCH3 is 1. The Morgan fingerprint density at radius 2 is 2.07 bits per heavy atom. The van der Waals surface area contributed by atoms with Crippen LogP contribution in [0, 0.1) is 0 Å². The molecule has 0 radical (unpaired) electrons. The molecular formula is C10H20O5. The van der Waals surface area contributed by atoms with Crippen LogP contribution in [-0.4, -0.2) is 52.2 Å². The molecule has 0 N–H and O–H groups in total. The van der Waals surface area contributed by atoms with Gasteiger partial charge in [-0.2, -0.15) is 0 Å². The minimum atomic E-state index is -0.481. The first kappa shape index (κ1) is 12.9. The maximum Gasteiger partial charge on any atom is 0.163 e. The van der Waals surface area contributed by atoms with Crippen molar-refractivity contribution >= 4 is 0 Å². The van der Waals surface area contributed by atoms with E-state index >= 15 is 0 Å². The van der Waals surface area contributed by atoms with Crippen molar-refractivity contribution in [3.63, 3.8) is 0 Å². The molecule has 0 aliphatic carbocycles. The summed E-state index contributed by atoms with van der Waals surface area (Å²) >= 11 is 0. The van der Waals surface area contributed by atoms with Gasteiger partial charge in [-0.3, -0.25) is 0 Å². The topological polar surface area (TPSA) is 46.2 Å². The van der Waals surface area contributed by atoms with Gasteiger partial charge in [0.15, 0.2) is 5.79 Å². The van der Waals surface area contributed by atoms with Crippen molar-refractivity contribution in [2.75, 3.05) is 40.3 Å². The predicted molar refractivity (Wildman–Crippen MR) is 53.6 cm³/mol. The Labute approximate surface area is 90.6 Å². The summed E-state index contributed by atoms with van der Waals surface area (Å²) in [5, 5.41) is 0. The average molecular weight is 220 g/mol. The van der Waals surface area contributed by atoms with Crippen molar-refractivity contribution in [3.05, 3.63) is 0 Å². The number of hydrogen-bond acceptors (Lipinski definition) is 5. The highest BCUT2D eigenvalue weighted by Crippen LogP contribution is 2.22. The molecule has 0 unspecified atom stereocenters. The molecule has 1 fully saturated rings. The van der Waals surface area contributed by atoms with Crippen LogP contribution in [0.4, 0.5) is 0 Å². The molecule has 0 aromatic rings. The first-order chi connectivity index (χ1) is 7.14. The molecule has 0 aromatic heterocycles. The average Bonchev–Trinajstić information content (AvgIpc) is 2.52. The van der Waals surface area contributed by atoms with Gasteiger partial charge in [-0.15, -0.1) is 0 Å². The van der Waals surface area contributed by atoms with Crippen LogP contribution in [0.3, 0.4) is 0 Å². The second kappa shape index (κ2) is 6.40. The van der Waals surface area contributed by atoms with E-state index in [1.54, 1.807) is 7.11 Å². The largest absolute Gasteiger partial charge is 0.382 e. The van der Waals surface area contributed by atoms with Crippen LogP contribution in [0.15, 0.2) is 0 Å². The van der Waals surface area contributed by atoms with Crippen LogP contribution in [-0.2, 0) is 23.7 Å². The fourth-order valence-corrected chi connectivity index (χ4v) is 1.28. The van der Waals surface area contributed by atoms with E-state index in [-0.39, 0.29) is 12.9 Å². The monoisotopic (exact) mass is 220 g/mol. The molecule has 1 aliphatic rings. The van der Waals surface area contributed by atoms with Gasteiger partial charge in [0.05, 0.1) is 26.4 Å². The van der Waals surface area contributed by atoms with E-state index in [0.717, 1.165) is 0 Å². The van der Waals surface area contributed by atoms with Gasteiger partial charge in [-0.25, -0.2) is 0 Å². The van der Waals surface area contributed by atoms with Crippen molar-refractivity contribution in [1.82, 2.24) is 0 Å². The van der Waals surface area contributed by atoms with Gasteiger partial charge in [0, 0.05) is 7.11 Å². The molecule has 1 atom stereocenters. The molecule has 0 saturated carbocycles. The SMILES string of the molecule is COCCOCOC[C@H]1COC(C)(C)O1. The first-order valence-electron chi connectivity index (χ1n) is 5.10. The second-order valence-corrected chi connectivity index (χ2v) is 3.84. The highest BCUT2D eigenvalue weighted by molar-refractivity contribution is 4.69. The third-order valence-corrected chi connectivity index (χ3v) is 1.97. The van der Waals surface area contributed by atoms with Crippen molar-refractivity contribution in [2.45, 2.75) is 25.7 Å². The van der Waals surface area contributed by atoms with Crippen molar-refractivity contribution in [1.29, 1.82) is 0 Å². The zero-order chi connectivity index (χ0) is 11.1. The van der Waals surface area contributed by atoms with E-state index in [0.29, 0.717) is 26.4 Å². The molecular weight excluding hydrogens is 200 g/mol. The fraction of sp³-hybridized carbons (Fsp3) is 1.00. The van der Waals surface area contributed by atoms with E-state index in [1.807, 2.05) is 13.8 Å². The molecule has 0 aromatic carbocycles. The molecule has 0 bridgehead atoms. The van der Waals surface area contributed by atoms with Gasteiger partial charge in [-0.05, 0) is 13.8 Å². The summed E-state index contributed by atoms with van der Waals surface area (Å²) in [4.78, 5) is 0. The van der Waals surface area contributed by atoms with Gasteiger partial charge >= 0.3 is 0 Å². The number of rotatable bonds is 7. The van der Waals surface area contributed by atoms with Crippen LogP contribution >= 0.6 is 0 Å². The molecule has 1 rings (SSSR count). The Kier molecular flexibility index (Phi) is 5.49. The molecule has 5 nitrogen and oxygen atoms in total. The van der Waals surface area contributed by atoms with Crippen LogP contribution in [0.2, 0.25) is 0 Å². The zero-order valence-corrected chi connectivity index (χ0v) is 9.65. The summed E-state index contributed by atoms with van der Waals surface area (Å²) in [5.74, 6) is -0.481. The molecule has 0 amide bonds. The zero-order valence-electron chi connectivity index (χ0n) is 9.65. The maximum atomic E-state index is 5.55. The second-order valence-electron chi connectivity index (χ2n) is 3.84. The van der Waals surface area contributed by atoms with Gasteiger partial charge in [-0.1, -0.05) is 0 Å². The Bertz CT molecular complexity index is 171. The van der Waals surface area contributed by atoms with Crippen molar-refractivity contribution < 1.29 is 23.7 Å². The van der Waals surface area contributed by atoms with Crippen molar-refractivity contribution in [3.8, 4) is 0 Å². The summed E-state index contributed by atoms with van der Waals surface area (Å²) < 4.78 is 26.2. The summed E-state index contributed by atoms with van der Waals surface area (Å²) in [6, 6.07) is 0. The molecule has 1 saturated heterocycles. The minimum absolute atomic E-state index is 0.00558. The maximum absolute atomic E-state index is 5.55. The lowest BCUT2D eigenvalue weighted by Gasteiger charge is -2.17. The Hall–Kier alpha value is -0.200. The van der Waals surface area contributed by atoms with Crippen LogP contribution in [0.25, 0.3) is 0 Å². The summed E-state index contributed by atoms with van der Waals surface area (Å²) in [6.45, 7) is 6.25. The van der Waals surface area contributed by atoms with Crippen LogP contribution in [0.5, 0.6) is 0 Å². The van der Waals surface area contributed by atoms with E-state index in [2.05, 4.69) is 0 Å². The van der Waals surface area contributed by atoms with Crippen LogP contribution in [0.1, 0.15) is 13.8 Å². The molecule has 90 valence electrons. The van der Waals surface area contributed by atoms with E-state index < -0.39 is 5.79 Å². The normalized spacial score (nSPS) is 24.6. The van der Waals surface area contributed by atoms with Gasteiger partial charge in [0.25, 0.3) is 0 Å². The summed E-state index contributed by atoms with van der Waals surface area (Å²) in [5.41, 5.74) is 0. The molecule has 15 heavy (non-hydrogen) atoms. The molecule has 5 heteroatoms. The highest BCUT2D eigenvalue weighted by Gasteiger charge is 2.32. The quantitative estimate of drug-likeness (QED) is 0.468. The smallest absolute Gasteiger partial charge is 0.163 e. The lowest BCUT2D eigenvalue weighted by molar-refractivity contribution is -0.153. The lowest BCUT2D eigenvalue weighted by Crippen LogP contribution is -2.24.